The molecule has 0 saturated heterocycles. The maximum absolute atomic E-state index is 3.56. The first-order chi connectivity index (χ1) is 7.01. The molecule has 2 heteroatoms. The van der Waals surface area contributed by atoms with Gasteiger partial charge in [-0.25, -0.2) is 0 Å². The second kappa shape index (κ2) is 8.12. The summed E-state index contributed by atoms with van der Waals surface area (Å²) in [5, 5.41) is 3.56. The number of hydrogen-bond acceptors (Lipinski definition) is 2. The Bertz CT molecular complexity index is 147. The van der Waals surface area contributed by atoms with Crippen molar-refractivity contribution in [1.82, 2.24) is 10.2 Å². The van der Waals surface area contributed by atoms with Gasteiger partial charge in [0, 0.05) is 25.2 Å². The fourth-order valence-electron chi connectivity index (χ4n) is 1.47. The van der Waals surface area contributed by atoms with Gasteiger partial charge in [-0.15, -0.1) is 0 Å². The van der Waals surface area contributed by atoms with Crippen molar-refractivity contribution in [3.63, 3.8) is 0 Å². The van der Waals surface area contributed by atoms with Crippen molar-refractivity contribution in [1.29, 1.82) is 0 Å². The molecule has 0 aliphatic rings. The highest BCUT2D eigenvalue weighted by Crippen LogP contribution is 2.05. The first-order valence-electron chi connectivity index (χ1n) is 6.44. The Morgan fingerprint density at radius 3 is 2.13 bits per heavy atom. The average Bonchev–Trinajstić information content (AvgIpc) is 2.24. The zero-order chi connectivity index (χ0) is 11.8. The van der Waals surface area contributed by atoms with E-state index in [9.17, 15) is 0 Å². The second-order valence-corrected chi connectivity index (χ2v) is 5.02. The number of nitrogens with one attached hydrogen (secondary N) is 1. The molecule has 0 heterocycles. The highest BCUT2D eigenvalue weighted by atomic mass is 15.1. The molecule has 1 N–H and O–H groups in total. The van der Waals surface area contributed by atoms with Gasteiger partial charge in [0.15, 0.2) is 0 Å². The standard InChI is InChI=1S/C13H30N2/c1-7-11(3)10-15(6)13(5)9-14-12(4)8-2/h11-14H,7-10H2,1-6H3. The zero-order valence-corrected chi connectivity index (χ0v) is 11.5. The first kappa shape index (κ1) is 14.9. The molecule has 2 nitrogen and oxygen atoms in total. The Balaban J connectivity index is 3.73. The fourth-order valence-corrected chi connectivity index (χ4v) is 1.47. The number of likely N-dealkylation sites (N-methyl/N-ethyl adjacent to an activating group) is 1. The van der Waals surface area contributed by atoms with Crippen LogP contribution in [0.1, 0.15) is 47.5 Å². The summed E-state index contributed by atoms with van der Waals surface area (Å²) in [7, 11) is 2.23. The van der Waals surface area contributed by atoms with Gasteiger partial charge in [0.25, 0.3) is 0 Å². The Labute approximate surface area is 96.4 Å². The molecular weight excluding hydrogens is 184 g/mol. The lowest BCUT2D eigenvalue weighted by atomic mass is 10.1. The predicted molar refractivity (Wildman–Crippen MR) is 69.3 cm³/mol. The van der Waals surface area contributed by atoms with E-state index >= 15 is 0 Å². The van der Waals surface area contributed by atoms with Crippen LogP contribution in [-0.2, 0) is 0 Å². The molecule has 3 unspecified atom stereocenters. The number of hydrogen-bond donors (Lipinski definition) is 1. The van der Waals surface area contributed by atoms with E-state index in [0.717, 1.165) is 12.5 Å². The van der Waals surface area contributed by atoms with Gasteiger partial charge in [0.2, 0.25) is 0 Å². The van der Waals surface area contributed by atoms with Crippen LogP contribution in [0.4, 0.5) is 0 Å². The normalized spacial score (nSPS) is 17.8. The third kappa shape index (κ3) is 6.91. The monoisotopic (exact) mass is 214 g/mol. The van der Waals surface area contributed by atoms with Crippen LogP contribution in [0.2, 0.25) is 0 Å². The largest absolute Gasteiger partial charge is 0.313 e. The summed E-state index contributed by atoms with van der Waals surface area (Å²) in [6.45, 7) is 13.7. The Morgan fingerprint density at radius 1 is 1.07 bits per heavy atom. The Hall–Kier alpha value is -0.0800. The molecule has 0 aromatic rings. The van der Waals surface area contributed by atoms with Crippen LogP contribution < -0.4 is 5.32 Å². The van der Waals surface area contributed by atoms with Crippen molar-refractivity contribution < 1.29 is 0 Å². The van der Waals surface area contributed by atoms with Crippen molar-refractivity contribution >= 4 is 0 Å². The molecule has 0 aliphatic heterocycles. The van der Waals surface area contributed by atoms with E-state index in [1.54, 1.807) is 0 Å². The minimum Gasteiger partial charge on any atom is -0.313 e. The number of rotatable bonds is 8. The van der Waals surface area contributed by atoms with Crippen LogP contribution in [0.25, 0.3) is 0 Å². The fraction of sp³-hybridized carbons (Fsp3) is 1.00. The SMILES string of the molecule is CCC(C)CN(C)C(C)CNC(C)CC. The van der Waals surface area contributed by atoms with Gasteiger partial charge in [0.05, 0.1) is 0 Å². The zero-order valence-electron chi connectivity index (χ0n) is 11.5. The summed E-state index contributed by atoms with van der Waals surface area (Å²) in [6, 6.07) is 1.28. The summed E-state index contributed by atoms with van der Waals surface area (Å²) in [5.41, 5.74) is 0. The number of nitrogens with zero attached hydrogens (tertiary/aromatic N) is 1. The van der Waals surface area contributed by atoms with E-state index in [2.05, 4.69) is 51.9 Å². The first-order valence-corrected chi connectivity index (χ1v) is 6.44. The van der Waals surface area contributed by atoms with Gasteiger partial charge < -0.3 is 10.2 Å². The quantitative estimate of drug-likeness (QED) is 0.668. The molecule has 0 saturated carbocycles. The van der Waals surface area contributed by atoms with Crippen LogP contribution in [0, 0.1) is 5.92 Å². The van der Waals surface area contributed by atoms with E-state index in [0.29, 0.717) is 12.1 Å². The topological polar surface area (TPSA) is 15.3 Å². The summed E-state index contributed by atoms with van der Waals surface area (Å²) >= 11 is 0. The third-order valence-corrected chi connectivity index (χ3v) is 3.42. The van der Waals surface area contributed by atoms with Crippen molar-refractivity contribution in [2.75, 3.05) is 20.1 Å². The molecule has 0 fully saturated rings. The van der Waals surface area contributed by atoms with Crippen LogP contribution in [0.3, 0.4) is 0 Å². The maximum Gasteiger partial charge on any atom is 0.0189 e. The lowest BCUT2D eigenvalue weighted by Gasteiger charge is -2.28. The molecule has 0 spiro atoms. The Kier molecular flexibility index (Phi) is 8.07. The van der Waals surface area contributed by atoms with Gasteiger partial charge in [-0.1, -0.05) is 27.2 Å². The van der Waals surface area contributed by atoms with Crippen LogP contribution >= 0.6 is 0 Å². The molecule has 0 aliphatic carbocycles. The van der Waals surface area contributed by atoms with Crippen molar-refractivity contribution in [3.8, 4) is 0 Å². The van der Waals surface area contributed by atoms with Crippen LogP contribution in [0.5, 0.6) is 0 Å². The van der Waals surface area contributed by atoms with Crippen molar-refractivity contribution in [3.05, 3.63) is 0 Å². The second-order valence-electron chi connectivity index (χ2n) is 5.02. The van der Waals surface area contributed by atoms with E-state index < -0.39 is 0 Å². The highest BCUT2D eigenvalue weighted by Gasteiger charge is 2.11. The lowest BCUT2D eigenvalue weighted by molar-refractivity contribution is 0.213. The minimum atomic E-state index is 0.632. The van der Waals surface area contributed by atoms with E-state index in [4.69, 9.17) is 0 Å². The van der Waals surface area contributed by atoms with Gasteiger partial charge in [-0.2, -0.15) is 0 Å². The average molecular weight is 214 g/mol. The smallest absolute Gasteiger partial charge is 0.0189 e. The van der Waals surface area contributed by atoms with Gasteiger partial charge >= 0.3 is 0 Å². The van der Waals surface area contributed by atoms with Gasteiger partial charge in [-0.05, 0) is 33.2 Å². The molecule has 92 valence electrons. The maximum atomic E-state index is 3.56. The molecule has 0 rings (SSSR count). The molecule has 0 aromatic heterocycles. The van der Waals surface area contributed by atoms with E-state index in [-0.39, 0.29) is 0 Å². The molecular formula is C13H30N2. The highest BCUT2D eigenvalue weighted by molar-refractivity contribution is 4.70. The van der Waals surface area contributed by atoms with Crippen molar-refractivity contribution in [2.24, 2.45) is 5.92 Å². The molecule has 0 amide bonds. The van der Waals surface area contributed by atoms with Crippen LogP contribution in [0.15, 0.2) is 0 Å². The van der Waals surface area contributed by atoms with Gasteiger partial charge in [-0.3, -0.25) is 0 Å². The molecule has 0 radical (unpaired) electrons. The predicted octanol–water partition coefficient (Wildman–Crippen LogP) is 2.74. The molecule has 3 atom stereocenters. The Morgan fingerprint density at radius 2 is 1.67 bits per heavy atom. The molecule has 0 aromatic carbocycles. The van der Waals surface area contributed by atoms with Crippen LogP contribution in [-0.4, -0.2) is 37.1 Å². The summed E-state index contributed by atoms with van der Waals surface area (Å²) in [6.07, 6.45) is 2.48. The minimum absolute atomic E-state index is 0.632. The molecule has 0 bridgehead atoms. The summed E-state index contributed by atoms with van der Waals surface area (Å²) in [4.78, 5) is 2.46. The van der Waals surface area contributed by atoms with E-state index in [1.807, 2.05) is 0 Å². The summed E-state index contributed by atoms with van der Waals surface area (Å²) in [5.74, 6) is 0.807. The van der Waals surface area contributed by atoms with Crippen molar-refractivity contribution in [2.45, 2.75) is 59.5 Å². The lowest BCUT2D eigenvalue weighted by Crippen LogP contribution is -2.42. The molecule has 15 heavy (non-hydrogen) atoms. The summed E-state index contributed by atoms with van der Waals surface area (Å²) < 4.78 is 0. The van der Waals surface area contributed by atoms with Gasteiger partial charge in [0.1, 0.15) is 0 Å². The third-order valence-electron chi connectivity index (χ3n) is 3.42. The van der Waals surface area contributed by atoms with E-state index in [1.165, 1.54) is 19.4 Å².